The van der Waals surface area contributed by atoms with Crippen molar-refractivity contribution < 1.29 is 4.42 Å². The van der Waals surface area contributed by atoms with Gasteiger partial charge in [-0.05, 0) is 86.6 Å². The summed E-state index contributed by atoms with van der Waals surface area (Å²) in [4.78, 5) is 15.9. The van der Waals surface area contributed by atoms with Crippen molar-refractivity contribution in [3.05, 3.63) is 188 Å². The molecule has 248 valence electrons. The second-order valence-corrected chi connectivity index (χ2v) is 13.2. The molecule has 2 heterocycles. The summed E-state index contributed by atoms with van der Waals surface area (Å²) in [5, 5.41) is 4.27. The molecule has 2 aromatic heterocycles. The Labute approximate surface area is 306 Å². The molecule has 0 atom stereocenters. The van der Waals surface area contributed by atoms with Crippen LogP contribution in [0.5, 0.6) is 0 Å². The molecule has 0 aliphatic carbocycles. The highest BCUT2D eigenvalue weighted by Crippen LogP contribution is 2.43. The normalized spacial score (nSPS) is 11.4. The minimum absolute atomic E-state index is 0.584. The van der Waals surface area contributed by atoms with Crippen molar-refractivity contribution in [3.63, 3.8) is 0 Å². The van der Waals surface area contributed by atoms with Crippen molar-refractivity contribution in [2.24, 2.45) is 0 Å². The highest BCUT2D eigenvalue weighted by Gasteiger charge is 2.23. The van der Waals surface area contributed by atoms with Crippen LogP contribution in [0.4, 0.5) is 0 Å². The molecule has 0 bridgehead atoms. The summed E-state index contributed by atoms with van der Waals surface area (Å²) in [6.07, 6.45) is 0. The standard InChI is InChI=1S/C49H31N3O/c1-5-15-32(16-6-1)38-27-39(33-17-7-2-8-18-33)29-40(28-38)48-50-47(35-21-11-4-12-22-35)51-49(52-48)46-41(34-19-9-3-10-20-34)25-26-43-45(46)42-30-36-23-13-14-24-37(36)31-44(42)53-43/h1-31H. The van der Waals surface area contributed by atoms with Crippen LogP contribution in [-0.2, 0) is 0 Å². The molecule has 0 amide bonds. The van der Waals surface area contributed by atoms with E-state index in [2.05, 4.69) is 152 Å². The fourth-order valence-corrected chi connectivity index (χ4v) is 7.33. The molecule has 10 rings (SSSR count). The molecule has 53 heavy (non-hydrogen) atoms. The summed E-state index contributed by atoms with van der Waals surface area (Å²) in [5.41, 5.74) is 10.8. The maximum absolute atomic E-state index is 6.60. The van der Waals surface area contributed by atoms with Gasteiger partial charge in [-0.1, -0.05) is 146 Å². The van der Waals surface area contributed by atoms with Crippen molar-refractivity contribution in [3.8, 4) is 67.5 Å². The predicted octanol–water partition coefficient (Wildman–Crippen LogP) is 12.9. The van der Waals surface area contributed by atoms with Crippen LogP contribution in [-0.4, -0.2) is 15.0 Å². The van der Waals surface area contributed by atoms with Gasteiger partial charge in [0.25, 0.3) is 0 Å². The van der Waals surface area contributed by atoms with Crippen LogP contribution < -0.4 is 0 Å². The summed E-state index contributed by atoms with van der Waals surface area (Å²) in [5.74, 6) is 1.78. The maximum Gasteiger partial charge on any atom is 0.165 e. The second-order valence-electron chi connectivity index (χ2n) is 13.2. The maximum atomic E-state index is 6.60. The third-order valence-electron chi connectivity index (χ3n) is 9.89. The lowest BCUT2D eigenvalue weighted by Gasteiger charge is -2.15. The van der Waals surface area contributed by atoms with Crippen molar-refractivity contribution in [2.45, 2.75) is 0 Å². The average Bonchev–Trinajstić information content (AvgIpc) is 3.60. The zero-order valence-corrected chi connectivity index (χ0v) is 28.6. The predicted molar refractivity (Wildman–Crippen MR) is 217 cm³/mol. The van der Waals surface area contributed by atoms with E-state index < -0.39 is 0 Å². The van der Waals surface area contributed by atoms with E-state index in [1.807, 2.05) is 36.4 Å². The number of nitrogens with zero attached hydrogens (tertiary/aromatic N) is 3. The van der Waals surface area contributed by atoms with Crippen LogP contribution in [0.3, 0.4) is 0 Å². The molecule has 0 aliphatic rings. The van der Waals surface area contributed by atoms with Crippen LogP contribution in [0.25, 0.3) is 100 Å². The molecule has 0 spiro atoms. The largest absolute Gasteiger partial charge is 0.456 e. The van der Waals surface area contributed by atoms with Gasteiger partial charge in [0.05, 0.1) is 0 Å². The number of aromatic nitrogens is 3. The van der Waals surface area contributed by atoms with Gasteiger partial charge in [-0.15, -0.1) is 0 Å². The van der Waals surface area contributed by atoms with Crippen LogP contribution >= 0.6 is 0 Å². The van der Waals surface area contributed by atoms with Gasteiger partial charge in [-0.25, -0.2) is 15.0 Å². The molecule has 0 saturated carbocycles. The summed E-state index contributed by atoms with van der Waals surface area (Å²) >= 11 is 0. The van der Waals surface area contributed by atoms with E-state index in [0.717, 1.165) is 82.8 Å². The fraction of sp³-hybridized carbons (Fsp3) is 0. The number of hydrogen-bond donors (Lipinski definition) is 0. The van der Waals surface area contributed by atoms with Gasteiger partial charge in [-0.2, -0.15) is 0 Å². The van der Waals surface area contributed by atoms with Crippen molar-refractivity contribution in [1.82, 2.24) is 15.0 Å². The van der Waals surface area contributed by atoms with E-state index in [1.54, 1.807) is 0 Å². The lowest BCUT2D eigenvalue weighted by Crippen LogP contribution is -2.02. The summed E-state index contributed by atoms with van der Waals surface area (Å²) in [7, 11) is 0. The Morgan fingerprint density at radius 2 is 0.792 bits per heavy atom. The van der Waals surface area contributed by atoms with E-state index in [4.69, 9.17) is 19.4 Å². The van der Waals surface area contributed by atoms with Gasteiger partial charge >= 0.3 is 0 Å². The Hall–Kier alpha value is -7.17. The van der Waals surface area contributed by atoms with Gasteiger partial charge < -0.3 is 4.42 Å². The molecular formula is C49H31N3O. The summed E-state index contributed by atoms with van der Waals surface area (Å²) in [6.45, 7) is 0. The zero-order chi connectivity index (χ0) is 35.1. The fourth-order valence-electron chi connectivity index (χ4n) is 7.33. The minimum Gasteiger partial charge on any atom is -0.456 e. The number of furan rings is 1. The molecule has 0 fully saturated rings. The third kappa shape index (κ3) is 5.63. The lowest BCUT2D eigenvalue weighted by atomic mass is 9.93. The Balaban J connectivity index is 1.29. The highest BCUT2D eigenvalue weighted by molar-refractivity contribution is 6.17. The topological polar surface area (TPSA) is 51.8 Å². The number of rotatable bonds is 6. The molecule has 0 saturated heterocycles. The quantitative estimate of drug-likeness (QED) is 0.176. The van der Waals surface area contributed by atoms with Gasteiger partial charge in [0.2, 0.25) is 0 Å². The SMILES string of the molecule is c1ccc(-c2cc(-c3ccccc3)cc(-c3nc(-c4ccccc4)nc(-c4c(-c5ccccc5)ccc5oc6cc7ccccc7cc6c45)n3)c2)cc1. The van der Waals surface area contributed by atoms with Crippen LogP contribution in [0.2, 0.25) is 0 Å². The molecule has 0 radical (unpaired) electrons. The van der Waals surface area contributed by atoms with E-state index in [0.29, 0.717) is 17.5 Å². The summed E-state index contributed by atoms with van der Waals surface area (Å²) < 4.78 is 6.60. The Morgan fingerprint density at radius 1 is 0.321 bits per heavy atom. The number of hydrogen-bond acceptors (Lipinski definition) is 4. The lowest BCUT2D eigenvalue weighted by molar-refractivity contribution is 0.669. The van der Waals surface area contributed by atoms with Gasteiger partial charge in [0.1, 0.15) is 11.2 Å². The van der Waals surface area contributed by atoms with E-state index in [-0.39, 0.29) is 0 Å². The number of fused-ring (bicyclic) bond motifs is 4. The van der Waals surface area contributed by atoms with Crippen molar-refractivity contribution in [1.29, 1.82) is 0 Å². The van der Waals surface area contributed by atoms with Crippen LogP contribution in [0.15, 0.2) is 192 Å². The molecule has 0 aliphatic heterocycles. The molecule has 0 N–H and O–H groups in total. The molecule has 10 aromatic rings. The highest BCUT2D eigenvalue weighted by atomic mass is 16.3. The summed E-state index contributed by atoms with van der Waals surface area (Å²) in [6, 6.07) is 65.1. The molecular weight excluding hydrogens is 647 g/mol. The minimum atomic E-state index is 0.584. The Bertz CT molecular complexity index is 2860. The van der Waals surface area contributed by atoms with Gasteiger partial charge in [0.15, 0.2) is 17.5 Å². The Morgan fingerprint density at radius 3 is 1.40 bits per heavy atom. The molecule has 4 nitrogen and oxygen atoms in total. The monoisotopic (exact) mass is 677 g/mol. The molecule has 4 heteroatoms. The van der Waals surface area contributed by atoms with Gasteiger partial charge in [-0.3, -0.25) is 0 Å². The van der Waals surface area contributed by atoms with E-state index in [1.165, 1.54) is 0 Å². The van der Waals surface area contributed by atoms with Crippen molar-refractivity contribution in [2.75, 3.05) is 0 Å². The first-order valence-electron chi connectivity index (χ1n) is 17.8. The average molecular weight is 678 g/mol. The first-order chi connectivity index (χ1) is 26.2. The first kappa shape index (κ1) is 30.6. The van der Waals surface area contributed by atoms with Crippen LogP contribution in [0, 0.1) is 0 Å². The van der Waals surface area contributed by atoms with Crippen LogP contribution in [0.1, 0.15) is 0 Å². The zero-order valence-electron chi connectivity index (χ0n) is 28.6. The second kappa shape index (κ2) is 12.9. The molecule has 0 unspecified atom stereocenters. The van der Waals surface area contributed by atoms with E-state index >= 15 is 0 Å². The van der Waals surface area contributed by atoms with Gasteiger partial charge in [0, 0.05) is 27.5 Å². The van der Waals surface area contributed by atoms with Crippen molar-refractivity contribution >= 4 is 32.7 Å². The number of benzene rings is 8. The Kier molecular flexibility index (Phi) is 7.43. The van der Waals surface area contributed by atoms with E-state index in [9.17, 15) is 0 Å². The third-order valence-corrected chi connectivity index (χ3v) is 9.89. The first-order valence-corrected chi connectivity index (χ1v) is 17.8. The smallest absolute Gasteiger partial charge is 0.165 e. The molecule has 8 aromatic carbocycles.